The molecule has 0 aliphatic rings. The van der Waals surface area contributed by atoms with Gasteiger partial charge in [-0.25, -0.2) is 0 Å². The molecule has 1 atom stereocenters. The molecule has 0 bridgehead atoms. The molecule has 0 radical (unpaired) electrons. The van der Waals surface area contributed by atoms with Crippen molar-refractivity contribution in [2.75, 3.05) is 6.61 Å². The average Bonchev–Trinajstić information content (AvgIpc) is 2.02. The Morgan fingerprint density at radius 3 is 2.14 bits per heavy atom. The Labute approximate surface area is 85.8 Å². The van der Waals surface area contributed by atoms with E-state index < -0.39 is 0 Å². The first kappa shape index (κ1) is 13.1. The summed E-state index contributed by atoms with van der Waals surface area (Å²) in [4.78, 5) is 22.6. The van der Waals surface area contributed by atoms with Crippen LogP contribution in [0.25, 0.3) is 0 Å². The van der Waals surface area contributed by atoms with Crippen molar-refractivity contribution in [3.05, 3.63) is 0 Å². The molecule has 1 unspecified atom stereocenters. The van der Waals surface area contributed by atoms with Crippen LogP contribution in [0.4, 0.5) is 0 Å². The van der Waals surface area contributed by atoms with Crippen LogP contribution in [0, 0.1) is 11.8 Å². The molecule has 3 nitrogen and oxygen atoms in total. The zero-order valence-corrected chi connectivity index (χ0v) is 9.50. The summed E-state index contributed by atoms with van der Waals surface area (Å²) in [6.07, 6.45) is 0.750. The molecule has 82 valence electrons. The Hall–Kier alpha value is -0.860. The highest BCUT2D eigenvalue weighted by Crippen LogP contribution is 2.11. The molecule has 0 aromatic carbocycles. The van der Waals surface area contributed by atoms with Crippen molar-refractivity contribution in [1.29, 1.82) is 0 Å². The van der Waals surface area contributed by atoms with Crippen molar-refractivity contribution in [3.8, 4) is 0 Å². The van der Waals surface area contributed by atoms with E-state index in [1.54, 1.807) is 13.8 Å². The molecular weight excluding hydrogens is 180 g/mol. The number of Topliss-reactive ketones (excluding diaryl/α,β-unsaturated/α-hetero) is 1. The van der Waals surface area contributed by atoms with Gasteiger partial charge in [0.05, 0.1) is 13.0 Å². The molecule has 0 fully saturated rings. The molecule has 0 aromatic rings. The van der Waals surface area contributed by atoms with E-state index in [0.29, 0.717) is 18.9 Å². The third-order valence-corrected chi connectivity index (χ3v) is 1.94. The van der Waals surface area contributed by atoms with Crippen LogP contribution in [0.3, 0.4) is 0 Å². The Bertz CT molecular complexity index is 197. The SMILES string of the molecule is CCOC(=O)CC(C)C(=O)CC(C)C. The van der Waals surface area contributed by atoms with Gasteiger partial charge in [-0.15, -0.1) is 0 Å². The molecule has 0 saturated heterocycles. The molecule has 0 aromatic heterocycles. The van der Waals surface area contributed by atoms with Gasteiger partial charge in [0.25, 0.3) is 0 Å². The molecule has 3 heteroatoms. The summed E-state index contributed by atoms with van der Waals surface area (Å²) in [5.41, 5.74) is 0. The average molecular weight is 200 g/mol. The second-order valence-electron chi connectivity index (χ2n) is 3.97. The maximum absolute atomic E-state index is 11.5. The highest BCUT2D eigenvalue weighted by atomic mass is 16.5. The first-order valence-corrected chi connectivity index (χ1v) is 5.15. The van der Waals surface area contributed by atoms with Crippen molar-refractivity contribution in [2.45, 2.75) is 40.5 Å². The number of esters is 1. The summed E-state index contributed by atoms with van der Waals surface area (Å²) >= 11 is 0. The van der Waals surface area contributed by atoms with Crippen molar-refractivity contribution in [3.63, 3.8) is 0 Å². The lowest BCUT2D eigenvalue weighted by molar-refractivity contribution is -0.146. The second kappa shape index (κ2) is 6.57. The molecule has 0 N–H and O–H groups in total. The van der Waals surface area contributed by atoms with Gasteiger partial charge in [-0.3, -0.25) is 9.59 Å². The van der Waals surface area contributed by atoms with Crippen LogP contribution in [-0.2, 0) is 14.3 Å². The Morgan fingerprint density at radius 1 is 1.14 bits per heavy atom. The van der Waals surface area contributed by atoms with Gasteiger partial charge in [0, 0.05) is 12.3 Å². The molecule has 0 aliphatic heterocycles. The number of rotatable bonds is 6. The zero-order chi connectivity index (χ0) is 11.1. The van der Waals surface area contributed by atoms with Gasteiger partial charge in [0.1, 0.15) is 5.78 Å². The van der Waals surface area contributed by atoms with Crippen molar-refractivity contribution in [1.82, 2.24) is 0 Å². The number of carbonyl (C=O) groups is 2. The van der Waals surface area contributed by atoms with Gasteiger partial charge in [-0.1, -0.05) is 20.8 Å². The van der Waals surface area contributed by atoms with Gasteiger partial charge in [-0.05, 0) is 12.8 Å². The molecule has 0 saturated carbocycles. The van der Waals surface area contributed by atoms with E-state index in [2.05, 4.69) is 0 Å². The fourth-order valence-electron chi connectivity index (χ4n) is 1.19. The molecule has 14 heavy (non-hydrogen) atoms. The smallest absolute Gasteiger partial charge is 0.306 e. The molecule has 0 rings (SSSR count). The molecule has 0 spiro atoms. The van der Waals surface area contributed by atoms with Crippen LogP contribution in [-0.4, -0.2) is 18.4 Å². The monoisotopic (exact) mass is 200 g/mol. The lowest BCUT2D eigenvalue weighted by atomic mass is 9.95. The number of ether oxygens (including phenoxy) is 1. The number of ketones is 1. The van der Waals surface area contributed by atoms with E-state index >= 15 is 0 Å². The van der Waals surface area contributed by atoms with E-state index in [4.69, 9.17) is 4.74 Å². The Balaban J connectivity index is 3.88. The van der Waals surface area contributed by atoms with Crippen molar-refractivity contribution in [2.24, 2.45) is 11.8 Å². The number of hydrogen-bond acceptors (Lipinski definition) is 3. The van der Waals surface area contributed by atoms with Gasteiger partial charge < -0.3 is 4.74 Å². The van der Waals surface area contributed by atoms with Gasteiger partial charge in [-0.2, -0.15) is 0 Å². The van der Waals surface area contributed by atoms with E-state index in [-0.39, 0.29) is 24.1 Å². The number of hydrogen-bond donors (Lipinski definition) is 0. The van der Waals surface area contributed by atoms with E-state index in [0.717, 1.165) is 0 Å². The molecular formula is C11H20O3. The lowest BCUT2D eigenvalue weighted by Gasteiger charge is -2.10. The minimum atomic E-state index is -0.280. The van der Waals surface area contributed by atoms with Crippen molar-refractivity contribution < 1.29 is 14.3 Å². The number of carbonyl (C=O) groups excluding carboxylic acids is 2. The summed E-state index contributed by atoms with van der Waals surface area (Å²) in [5.74, 6) is 0.00811. The van der Waals surface area contributed by atoms with Crippen LogP contribution < -0.4 is 0 Å². The third kappa shape index (κ3) is 5.73. The van der Waals surface area contributed by atoms with Gasteiger partial charge >= 0.3 is 5.97 Å². The fourth-order valence-corrected chi connectivity index (χ4v) is 1.19. The largest absolute Gasteiger partial charge is 0.466 e. The highest BCUT2D eigenvalue weighted by molar-refractivity contribution is 5.85. The van der Waals surface area contributed by atoms with E-state index in [1.807, 2.05) is 13.8 Å². The Morgan fingerprint density at radius 2 is 1.71 bits per heavy atom. The minimum Gasteiger partial charge on any atom is -0.466 e. The van der Waals surface area contributed by atoms with E-state index in [9.17, 15) is 9.59 Å². The maximum Gasteiger partial charge on any atom is 0.306 e. The summed E-state index contributed by atoms with van der Waals surface area (Å²) in [6, 6.07) is 0. The van der Waals surface area contributed by atoms with Gasteiger partial charge in [0.15, 0.2) is 0 Å². The maximum atomic E-state index is 11.5. The molecule has 0 heterocycles. The predicted molar refractivity (Wildman–Crippen MR) is 54.9 cm³/mol. The standard InChI is InChI=1S/C11H20O3/c1-5-14-11(13)7-9(4)10(12)6-8(2)3/h8-9H,5-7H2,1-4H3. The molecule has 0 amide bonds. The van der Waals surface area contributed by atoms with Crippen molar-refractivity contribution >= 4 is 11.8 Å². The molecule has 0 aliphatic carbocycles. The quantitative estimate of drug-likeness (QED) is 0.617. The first-order valence-electron chi connectivity index (χ1n) is 5.15. The van der Waals surface area contributed by atoms with Crippen LogP contribution in [0.1, 0.15) is 40.5 Å². The minimum absolute atomic E-state index is 0.146. The third-order valence-electron chi connectivity index (χ3n) is 1.94. The van der Waals surface area contributed by atoms with Crippen LogP contribution in [0.15, 0.2) is 0 Å². The van der Waals surface area contributed by atoms with Crippen LogP contribution in [0.2, 0.25) is 0 Å². The highest BCUT2D eigenvalue weighted by Gasteiger charge is 2.18. The normalized spacial score (nSPS) is 12.6. The summed E-state index contributed by atoms with van der Waals surface area (Å²) in [5, 5.41) is 0. The summed E-state index contributed by atoms with van der Waals surface area (Å²) in [7, 11) is 0. The Kier molecular flexibility index (Phi) is 6.17. The van der Waals surface area contributed by atoms with Crippen LogP contribution >= 0.6 is 0 Å². The lowest BCUT2D eigenvalue weighted by Crippen LogP contribution is -2.18. The fraction of sp³-hybridized carbons (Fsp3) is 0.818. The zero-order valence-electron chi connectivity index (χ0n) is 9.50. The topological polar surface area (TPSA) is 43.4 Å². The predicted octanol–water partition coefficient (Wildman–Crippen LogP) is 2.19. The summed E-state index contributed by atoms with van der Waals surface area (Å²) < 4.78 is 4.78. The second-order valence-corrected chi connectivity index (χ2v) is 3.97. The van der Waals surface area contributed by atoms with Crippen LogP contribution in [0.5, 0.6) is 0 Å². The van der Waals surface area contributed by atoms with Gasteiger partial charge in [0.2, 0.25) is 0 Å². The summed E-state index contributed by atoms with van der Waals surface area (Å²) in [6.45, 7) is 7.91. The van der Waals surface area contributed by atoms with E-state index in [1.165, 1.54) is 0 Å². The first-order chi connectivity index (χ1) is 6.47.